The van der Waals surface area contributed by atoms with Crippen LogP contribution in [0.15, 0.2) is 30.5 Å². The minimum atomic E-state index is -0.345. The summed E-state index contributed by atoms with van der Waals surface area (Å²) in [6.45, 7) is 2.05. The molecule has 0 saturated carbocycles. The van der Waals surface area contributed by atoms with Gasteiger partial charge in [-0.3, -0.25) is 0 Å². The highest BCUT2D eigenvalue weighted by Crippen LogP contribution is 2.22. The van der Waals surface area contributed by atoms with Crippen LogP contribution in [0.1, 0.15) is 11.1 Å². The highest BCUT2D eigenvalue weighted by atomic mass is 16.5. The van der Waals surface area contributed by atoms with E-state index in [9.17, 15) is 4.79 Å². The van der Waals surface area contributed by atoms with Crippen LogP contribution in [-0.4, -0.2) is 18.1 Å². The van der Waals surface area contributed by atoms with Crippen LogP contribution in [0.3, 0.4) is 0 Å². The van der Waals surface area contributed by atoms with Crippen LogP contribution in [0.25, 0.3) is 17.0 Å². The lowest BCUT2D eigenvalue weighted by molar-refractivity contribution is -0.134. The van der Waals surface area contributed by atoms with E-state index < -0.39 is 0 Å². The molecule has 0 bridgehead atoms. The molecule has 2 aromatic rings. The molecule has 1 aromatic carbocycles. The smallest absolute Gasteiger partial charge is 0.330 e. The maximum Gasteiger partial charge on any atom is 0.330 e. The number of para-hydroxylation sites is 1. The number of hydrogen-bond acceptors (Lipinski definition) is 2. The van der Waals surface area contributed by atoms with Crippen LogP contribution >= 0.6 is 0 Å². The first kappa shape index (κ1) is 10.5. The first-order valence-corrected chi connectivity index (χ1v) is 5.05. The second-order valence-electron chi connectivity index (χ2n) is 3.60. The number of carbonyl (C=O) groups is 1. The van der Waals surface area contributed by atoms with Crippen molar-refractivity contribution < 1.29 is 9.53 Å². The third-order valence-corrected chi connectivity index (χ3v) is 2.56. The van der Waals surface area contributed by atoms with Crippen molar-refractivity contribution in [1.82, 2.24) is 4.98 Å². The van der Waals surface area contributed by atoms with Crippen molar-refractivity contribution in [3.63, 3.8) is 0 Å². The zero-order chi connectivity index (χ0) is 11.5. The van der Waals surface area contributed by atoms with Crippen LogP contribution in [-0.2, 0) is 9.53 Å². The van der Waals surface area contributed by atoms with Gasteiger partial charge in [0.15, 0.2) is 0 Å². The molecule has 0 aliphatic heterocycles. The van der Waals surface area contributed by atoms with Crippen molar-refractivity contribution in [3.05, 3.63) is 41.6 Å². The lowest BCUT2D eigenvalue weighted by Crippen LogP contribution is -1.92. The number of methoxy groups -OCH3 is 1. The molecule has 1 heterocycles. The number of H-pyrrole nitrogens is 1. The SMILES string of the molecule is COC(=O)C=Cc1c[nH]c2c(C)cccc12. The predicted molar refractivity (Wildman–Crippen MR) is 64.1 cm³/mol. The lowest BCUT2D eigenvalue weighted by Gasteiger charge is -1.95. The Kier molecular flexibility index (Phi) is 2.77. The Bertz CT molecular complexity index is 552. The summed E-state index contributed by atoms with van der Waals surface area (Å²) >= 11 is 0. The molecule has 0 atom stereocenters. The van der Waals surface area contributed by atoms with Crippen LogP contribution in [0.5, 0.6) is 0 Å². The summed E-state index contributed by atoms with van der Waals surface area (Å²) in [5.41, 5.74) is 3.28. The molecule has 0 unspecified atom stereocenters. The van der Waals surface area contributed by atoms with Gasteiger partial charge in [0.05, 0.1) is 7.11 Å². The Hall–Kier alpha value is -2.03. The van der Waals surface area contributed by atoms with Crippen LogP contribution in [0, 0.1) is 6.92 Å². The standard InChI is InChI=1S/C13H13NO2/c1-9-4-3-5-11-10(8-14-13(9)11)6-7-12(15)16-2/h3-8,14H,1-2H3. The van der Waals surface area contributed by atoms with Crippen molar-refractivity contribution in [2.75, 3.05) is 7.11 Å². The first-order chi connectivity index (χ1) is 7.72. The quantitative estimate of drug-likeness (QED) is 0.618. The largest absolute Gasteiger partial charge is 0.466 e. The molecule has 3 nitrogen and oxygen atoms in total. The molecule has 0 fully saturated rings. The summed E-state index contributed by atoms with van der Waals surface area (Å²) in [5, 5.41) is 1.11. The summed E-state index contributed by atoms with van der Waals surface area (Å²) < 4.78 is 4.55. The summed E-state index contributed by atoms with van der Waals surface area (Å²) in [6, 6.07) is 6.07. The molecule has 0 radical (unpaired) electrons. The fourth-order valence-corrected chi connectivity index (χ4v) is 1.69. The average molecular weight is 215 g/mol. The molecule has 16 heavy (non-hydrogen) atoms. The van der Waals surface area contributed by atoms with Gasteiger partial charge in [0.2, 0.25) is 0 Å². The van der Waals surface area contributed by atoms with Crippen LogP contribution in [0.2, 0.25) is 0 Å². The topological polar surface area (TPSA) is 42.1 Å². The van der Waals surface area contributed by atoms with Gasteiger partial charge in [-0.25, -0.2) is 4.79 Å². The number of benzene rings is 1. The summed E-state index contributed by atoms with van der Waals surface area (Å²) in [6.07, 6.45) is 5.06. The van der Waals surface area contributed by atoms with Crippen molar-refractivity contribution >= 4 is 22.9 Å². The second kappa shape index (κ2) is 4.23. The third kappa shape index (κ3) is 1.84. The van der Waals surface area contributed by atoms with E-state index >= 15 is 0 Å². The highest BCUT2D eigenvalue weighted by molar-refractivity contribution is 5.94. The number of carbonyl (C=O) groups excluding carboxylic acids is 1. The van der Waals surface area contributed by atoms with Gasteiger partial charge in [-0.05, 0) is 18.6 Å². The number of fused-ring (bicyclic) bond motifs is 1. The van der Waals surface area contributed by atoms with Gasteiger partial charge in [0.25, 0.3) is 0 Å². The Morgan fingerprint density at radius 3 is 3.00 bits per heavy atom. The predicted octanol–water partition coefficient (Wildman–Crippen LogP) is 2.66. The zero-order valence-corrected chi connectivity index (χ0v) is 9.28. The normalized spacial score (nSPS) is 11.1. The van der Waals surface area contributed by atoms with Crippen molar-refractivity contribution in [2.24, 2.45) is 0 Å². The van der Waals surface area contributed by atoms with Gasteiger partial charge >= 0.3 is 5.97 Å². The number of nitrogens with one attached hydrogen (secondary N) is 1. The highest BCUT2D eigenvalue weighted by Gasteiger charge is 2.02. The average Bonchev–Trinajstić information content (AvgIpc) is 2.70. The van der Waals surface area contributed by atoms with Gasteiger partial charge in [-0.2, -0.15) is 0 Å². The monoisotopic (exact) mass is 215 g/mol. The van der Waals surface area contributed by atoms with E-state index in [-0.39, 0.29) is 5.97 Å². The zero-order valence-electron chi connectivity index (χ0n) is 9.28. The Balaban J connectivity index is 2.43. The Morgan fingerprint density at radius 1 is 1.44 bits per heavy atom. The van der Waals surface area contributed by atoms with Gasteiger partial charge in [0, 0.05) is 28.7 Å². The molecular weight excluding hydrogens is 202 g/mol. The van der Waals surface area contributed by atoms with E-state index in [2.05, 4.69) is 9.72 Å². The fourth-order valence-electron chi connectivity index (χ4n) is 1.69. The summed E-state index contributed by atoms with van der Waals surface area (Å²) in [5.74, 6) is -0.345. The summed E-state index contributed by atoms with van der Waals surface area (Å²) in [7, 11) is 1.37. The molecule has 1 N–H and O–H groups in total. The van der Waals surface area contributed by atoms with Crippen molar-refractivity contribution in [2.45, 2.75) is 6.92 Å². The number of rotatable bonds is 2. The molecule has 1 aromatic heterocycles. The summed E-state index contributed by atoms with van der Waals surface area (Å²) in [4.78, 5) is 14.2. The van der Waals surface area contributed by atoms with Gasteiger partial charge in [-0.15, -0.1) is 0 Å². The lowest BCUT2D eigenvalue weighted by atomic mass is 10.1. The van der Waals surface area contributed by atoms with Gasteiger partial charge < -0.3 is 9.72 Å². The van der Waals surface area contributed by atoms with E-state index in [0.29, 0.717) is 0 Å². The maximum atomic E-state index is 11.0. The van der Waals surface area contributed by atoms with Gasteiger partial charge in [0.1, 0.15) is 0 Å². The number of aryl methyl sites for hydroxylation is 1. The molecule has 0 aliphatic rings. The Labute approximate surface area is 93.7 Å². The Morgan fingerprint density at radius 2 is 2.25 bits per heavy atom. The van der Waals surface area contributed by atoms with Crippen LogP contribution in [0.4, 0.5) is 0 Å². The number of hydrogen-bond donors (Lipinski definition) is 1. The maximum absolute atomic E-state index is 11.0. The van der Waals surface area contributed by atoms with E-state index in [4.69, 9.17) is 0 Å². The molecule has 0 spiro atoms. The number of esters is 1. The van der Waals surface area contributed by atoms with Crippen molar-refractivity contribution in [3.8, 4) is 0 Å². The number of aromatic nitrogens is 1. The number of ether oxygens (including phenoxy) is 1. The molecule has 0 saturated heterocycles. The molecule has 3 heteroatoms. The molecule has 0 amide bonds. The first-order valence-electron chi connectivity index (χ1n) is 5.05. The van der Waals surface area contributed by atoms with Crippen LogP contribution < -0.4 is 0 Å². The third-order valence-electron chi connectivity index (χ3n) is 2.56. The number of aromatic amines is 1. The molecule has 0 aliphatic carbocycles. The van der Waals surface area contributed by atoms with E-state index in [0.717, 1.165) is 16.5 Å². The van der Waals surface area contributed by atoms with E-state index in [1.54, 1.807) is 6.08 Å². The van der Waals surface area contributed by atoms with Crippen molar-refractivity contribution in [1.29, 1.82) is 0 Å². The molecule has 2 rings (SSSR count). The van der Waals surface area contributed by atoms with E-state index in [1.165, 1.54) is 18.7 Å². The molecule has 82 valence electrons. The van der Waals surface area contributed by atoms with Gasteiger partial charge in [-0.1, -0.05) is 18.2 Å². The van der Waals surface area contributed by atoms with E-state index in [1.807, 2.05) is 31.3 Å². The molecular formula is C13H13NO2. The minimum absolute atomic E-state index is 0.345. The minimum Gasteiger partial charge on any atom is -0.466 e. The fraction of sp³-hybridized carbons (Fsp3) is 0.154. The second-order valence-corrected chi connectivity index (χ2v) is 3.60.